The van der Waals surface area contributed by atoms with E-state index in [4.69, 9.17) is 4.74 Å². The molecule has 7 heteroatoms. The largest absolute Gasteiger partial charge is 0.461 e. The number of carbonyl (C=O) groups is 2. The van der Waals surface area contributed by atoms with Gasteiger partial charge in [-0.1, -0.05) is 13.3 Å². The van der Waals surface area contributed by atoms with Gasteiger partial charge in [-0.2, -0.15) is 5.10 Å². The molecule has 1 saturated heterocycles. The summed E-state index contributed by atoms with van der Waals surface area (Å²) in [5, 5.41) is 7.28. The number of hydrogen-bond acceptors (Lipinski definition) is 5. The molecule has 3 rings (SSSR count). The fraction of sp³-hybridized carbons (Fsp3) is 0.476. The number of aromatic nitrogens is 2. The SMILES string of the molecule is CCCN1CCCCC1C(=O)Nc1ccc(-n2ccc(C(=O)OCC)n2)cc1. The molecule has 0 radical (unpaired) electrons. The van der Waals surface area contributed by atoms with Crippen LogP contribution in [0.4, 0.5) is 5.69 Å². The second kappa shape index (κ2) is 9.50. The summed E-state index contributed by atoms with van der Waals surface area (Å²) in [6.07, 6.45) is 5.93. The zero-order chi connectivity index (χ0) is 19.9. The maximum absolute atomic E-state index is 12.7. The molecule has 150 valence electrons. The predicted octanol–water partition coefficient (Wildman–Crippen LogP) is 3.25. The molecule has 1 amide bonds. The zero-order valence-electron chi connectivity index (χ0n) is 16.6. The average molecular weight is 384 g/mol. The van der Waals surface area contributed by atoms with Gasteiger partial charge >= 0.3 is 5.97 Å². The first-order valence-electron chi connectivity index (χ1n) is 10.0. The zero-order valence-corrected chi connectivity index (χ0v) is 16.6. The van der Waals surface area contributed by atoms with Gasteiger partial charge in [0.1, 0.15) is 0 Å². The molecule has 0 aliphatic carbocycles. The summed E-state index contributed by atoms with van der Waals surface area (Å²) in [6, 6.07) is 9.01. The number of anilines is 1. The minimum Gasteiger partial charge on any atom is -0.461 e. The molecule has 1 N–H and O–H groups in total. The van der Waals surface area contributed by atoms with Crippen LogP contribution < -0.4 is 5.32 Å². The molecule has 0 spiro atoms. The van der Waals surface area contributed by atoms with Gasteiger partial charge in [-0.05, 0) is 69.6 Å². The monoisotopic (exact) mass is 384 g/mol. The Bertz CT molecular complexity index is 798. The molecule has 7 nitrogen and oxygen atoms in total. The number of nitrogens with zero attached hydrogens (tertiary/aromatic N) is 3. The Hall–Kier alpha value is -2.67. The summed E-state index contributed by atoms with van der Waals surface area (Å²) >= 11 is 0. The normalized spacial score (nSPS) is 17.3. The van der Waals surface area contributed by atoms with Crippen molar-refractivity contribution < 1.29 is 14.3 Å². The van der Waals surface area contributed by atoms with Crippen molar-refractivity contribution in [2.75, 3.05) is 25.0 Å². The molecule has 28 heavy (non-hydrogen) atoms. The van der Waals surface area contributed by atoms with Crippen LogP contribution in [0.15, 0.2) is 36.5 Å². The van der Waals surface area contributed by atoms with Crippen molar-refractivity contribution in [1.82, 2.24) is 14.7 Å². The number of piperidine rings is 1. The van der Waals surface area contributed by atoms with E-state index in [1.54, 1.807) is 23.9 Å². The van der Waals surface area contributed by atoms with Crippen LogP contribution in [0.3, 0.4) is 0 Å². The first-order chi connectivity index (χ1) is 13.6. The van der Waals surface area contributed by atoms with Crippen LogP contribution in [0.5, 0.6) is 0 Å². The van der Waals surface area contributed by atoms with Gasteiger partial charge in [0, 0.05) is 11.9 Å². The third kappa shape index (κ3) is 4.78. The number of benzene rings is 1. The van der Waals surface area contributed by atoms with E-state index < -0.39 is 5.97 Å². The van der Waals surface area contributed by atoms with Crippen molar-refractivity contribution in [3.8, 4) is 5.69 Å². The van der Waals surface area contributed by atoms with Crippen LogP contribution >= 0.6 is 0 Å². The summed E-state index contributed by atoms with van der Waals surface area (Å²) in [5.41, 5.74) is 1.83. The average Bonchev–Trinajstić information content (AvgIpc) is 3.20. The van der Waals surface area contributed by atoms with Crippen LogP contribution in [-0.4, -0.2) is 52.3 Å². The first-order valence-corrected chi connectivity index (χ1v) is 10.0. The maximum atomic E-state index is 12.7. The van der Waals surface area contributed by atoms with E-state index in [9.17, 15) is 9.59 Å². The van der Waals surface area contributed by atoms with Crippen molar-refractivity contribution in [2.45, 2.75) is 45.6 Å². The molecule has 2 aromatic rings. The number of rotatable bonds is 7. The van der Waals surface area contributed by atoms with Gasteiger partial charge < -0.3 is 10.1 Å². The molecule has 0 bridgehead atoms. The van der Waals surface area contributed by atoms with E-state index in [0.29, 0.717) is 6.61 Å². The fourth-order valence-corrected chi connectivity index (χ4v) is 3.55. The lowest BCUT2D eigenvalue weighted by Crippen LogP contribution is -2.47. The fourth-order valence-electron chi connectivity index (χ4n) is 3.55. The van der Waals surface area contributed by atoms with Crippen LogP contribution in [-0.2, 0) is 9.53 Å². The molecule has 1 aliphatic rings. The Morgan fingerprint density at radius 3 is 2.68 bits per heavy atom. The number of ether oxygens (including phenoxy) is 1. The quantitative estimate of drug-likeness (QED) is 0.742. The summed E-state index contributed by atoms with van der Waals surface area (Å²) in [5.74, 6) is -0.376. The summed E-state index contributed by atoms with van der Waals surface area (Å²) in [4.78, 5) is 26.7. The van der Waals surface area contributed by atoms with E-state index >= 15 is 0 Å². The number of amides is 1. The van der Waals surface area contributed by atoms with Gasteiger partial charge in [0.05, 0.1) is 18.3 Å². The Morgan fingerprint density at radius 1 is 1.18 bits per heavy atom. The van der Waals surface area contributed by atoms with Crippen molar-refractivity contribution in [3.05, 3.63) is 42.2 Å². The highest BCUT2D eigenvalue weighted by Crippen LogP contribution is 2.20. The third-order valence-corrected chi connectivity index (χ3v) is 4.90. The van der Waals surface area contributed by atoms with E-state index in [1.165, 1.54) is 0 Å². The molecule has 1 aromatic carbocycles. The van der Waals surface area contributed by atoms with Crippen LogP contribution in [0.2, 0.25) is 0 Å². The molecule has 1 unspecified atom stereocenters. The summed E-state index contributed by atoms with van der Waals surface area (Å²) < 4.78 is 6.57. The molecular weight excluding hydrogens is 356 g/mol. The van der Waals surface area contributed by atoms with Gasteiger partial charge in [0.2, 0.25) is 5.91 Å². The van der Waals surface area contributed by atoms with Gasteiger partial charge in [0.25, 0.3) is 0 Å². The smallest absolute Gasteiger partial charge is 0.358 e. The molecule has 1 aliphatic heterocycles. The van der Waals surface area contributed by atoms with Crippen molar-refractivity contribution in [2.24, 2.45) is 0 Å². The van der Waals surface area contributed by atoms with Crippen LogP contribution in [0.25, 0.3) is 5.69 Å². The van der Waals surface area contributed by atoms with Gasteiger partial charge in [-0.3, -0.25) is 9.69 Å². The number of esters is 1. The molecule has 0 saturated carbocycles. The maximum Gasteiger partial charge on any atom is 0.358 e. The Labute approximate surface area is 165 Å². The van der Waals surface area contributed by atoms with Crippen molar-refractivity contribution in [3.63, 3.8) is 0 Å². The second-order valence-corrected chi connectivity index (χ2v) is 6.95. The molecule has 1 aromatic heterocycles. The second-order valence-electron chi connectivity index (χ2n) is 6.95. The summed E-state index contributed by atoms with van der Waals surface area (Å²) in [7, 11) is 0. The summed E-state index contributed by atoms with van der Waals surface area (Å²) in [6.45, 7) is 6.17. The number of carbonyl (C=O) groups excluding carboxylic acids is 2. The lowest BCUT2D eigenvalue weighted by atomic mass is 10.0. The molecule has 1 atom stereocenters. The minimum atomic E-state index is -0.436. The minimum absolute atomic E-state index is 0.0494. The van der Waals surface area contributed by atoms with E-state index in [-0.39, 0.29) is 17.6 Å². The first kappa shape index (κ1) is 20.1. The van der Waals surface area contributed by atoms with Gasteiger partial charge in [0.15, 0.2) is 5.69 Å². The standard InChI is InChI=1S/C21H28N4O3/c1-3-13-24-14-6-5-7-19(24)20(26)22-16-8-10-17(11-9-16)25-15-12-18(23-25)21(27)28-4-2/h8-12,15,19H,3-7,13-14H2,1-2H3,(H,22,26). The number of likely N-dealkylation sites (tertiary alicyclic amines) is 1. The number of hydrogen-bond donors (Lipinski definition) is 1. The van der Waals surface area contributed by atoms with E-state index in [1.807, 2.05) is 24.3 Å². The van der Waals surface area contributed by atoms with Gasteiger partial charge in [-0.25, -0.2) is 9.48 Å². The Kier molecular flexibility index (Phi) is 6.81. The predicted molar refractivity (Wildman–Crippen MR) is 108 cm³/mol. The van der Waals surface area contributed by atoms with Crippen molar-refractivity contribution >= 4 is 17.6 Å². The highest BCUT2D eigenvalue weighted by molar-refractivity contribution is 5.95. The van der Waals surface area contributed by atoms with Crippen molar-refractivity contribution in [1.29, 1.82) is 0 Å². The Balaban J connectivity index is 1.64. The molecular formula is C21H28N4O3. The van der Waals surface area contributed by atoms with E-state index in [0.717, 1.165) is 50.1 Å². The molecule has 1 fully saturated rings. The third-order valence-electron chi connectivity index (χ3n) is 4.90. The van der Waals surface area contributed by atoms with Crippen LogP contribution in [0.1, 0.15) is 50.0 Å². The van der Waals surface area contributed by atoms with E-state index in [2.05, 4.69) is 22.2 Å². The Morgan fingerprint density at radius 2 is 1.96 bits per heavy atom. The lowest BCUT2D eigenvalue weighted by Gasteiger charge is -2.34. The number of nitrogens with one attached hydrogen (secondary N) is 1. The van der Waals surface area contributed by atoms with Gasteiger partial charge in [-0.15, -0.1) is 0 Å². The molecule has 2 heterocycles. The lowest BCUT2D eigenvalue weighted by molar-refractivity contribution is -0.122. The highest BCUT2D eigenvalue weighted by atomic mass is 16.5. The van der Waals surface area contributed by atoms with Crippen LogP contribution in [0, 0.1) is 0 Å². The topological polar surface area (TPSA) is 76.5 Å². The highest BCUT2D eigenvalue weighted by Gasteiger charge is 2.27.